The number of rotatable bonds is 7. The molecule has 21 heavy (non-hydrogen) atoms. The lowest BCUT2D eigenvalue weighted by atomic mass is 9.76. The van der Waals surface area contributed by atoms with E-state index in [0.29, 0.717) is 0 Å². The fraction of sp³-hybridized carbons (Fsp3) is 0.684. The van der Waals surface area contributed by atoms with Crippen molar-refractivity contribution in [1.29, 1.82) is 0 Å². The molecule has 0 spiro atoms. The van der Waals surface area contributed by atoms with Gasteiger partial charge in [0.1, 0.15) is 5.75 Å². The molecule has 0 aliphatic carbocycles. The lowest BCUT2D eigenvalue weighted by molar-refractivity contribution is 0.378. The smallest absolute Gasteiger partial charge is 0.122 e. The van der Waals surface area contributed by atoms with Crippen LogP contribution in [0, 0.1) is 0 Å². The number of hydrogen-bond donors (Lipinski definition) is 1. The van der Waals surface area contributed by atoms with Crippen LogP contribution in [0.15, 0.2) is 17.0 Å². The Bertz CT molecular complexity index is 475. The molecule has 0 N–H and O–H groups in total. The highest BCUT2D eigenvalue weighted by Gasteiger charge is 2.28. The van der Waals surface area contributed by atoms with E-state index in [0.717, 1.165) is 23.5 Å². The van der Waals surface area contributed by atoms with E-state index in [2.05, 4.69) is 53.7 Å². The minimum atomic E-state index is 0.116. The third-order valence-corrected chi connectivity index (χ3v) is 4.90. The van der Waals surface area contributed by atoms with E-state index in [9.17, 15) is 0 Å². The SMILES string of the molecule is CCCC(C)(C)c1cc(OC)c(C(C)(C)CCC)cc1S. The molecule has 0 saturated heterocycles. The fourth-order valence-corrected chi connectivity index (χ4v) is 3.82. The van der Waals surface area contributed by atoms with E-state index in [1.807, 2.05) is 0 Å². The minimum absolute atomic E-state index is 0.116. The molecular weight excluding hydrogens is 276 g/mol. The average Bonchev–Trinajstić information content (AvgIpc) is 2.38. The lowest BCUT2D eigenvalue weighted by Gasteiger charge is -2.31. The van der Waals surface area contributed by atoms with Gasteiger partial charge in [-0.3, -0.25) is 0 Å². The van der Waals surface area contributed by atoms with Gasteiger partial charge in [0.15, 0.2) is 0 Å². The van der Waals surface area contributed by atoms with Crippen molar-refractivity contribution >= 4 is 12.6 Å². The first-order valence-electron chi connectivity index (χ1n) is 8.11. The molecule has 1 nitrogen and oxygen atoms in total. The fourth-order valence-electron chi connectivity index (χ4n) is 3.33. The van der Waals surface area contributed by atoms with Gasteiger partial charge >= 0.3 is 0 Å². The number of methoxy groups -OCH3 is 1. The van der Waals surface area contributed by atoms with Crippen molar-refractivity contribution in [2.75, 3.05) is 7.11 Å². The Kier molecular flexibility index (Phi) is 6.22. The van der Waals surface area contributed by atoms with Crippen molar-refractivity contribution in [2.24, 2.45) is 0 Å². The standard InChI is InChI=1S/C19H32OS/c1-8-10-18(3,4)14-13-17(21)15(12-16(14)20-7)19(5,6)11-9-2/h12-13,21H,8-11H2,1-7H3. The maximum Gasteiger partial charge on any atom is 0.122 e. The monoisotopic (exact) mass is 308 g/mol. The van der Waals surface area contributed by atoms with E-state index >= 15 is 0 Å². The quantitative estimate of drug-likeness (QED) is 0.595. The summed E-state index contributed by atoms with van der Waals surface area (Å²) in [5, 5.41) is 0. The summed E-state index contributed by atoms with van der Waals surface area (Å²) in [4.78, 5) is 1.09. The summed E-state index contributed by atoms with van der Waals surface area (Å²) in [6.45, 7) is 13.6. The van der Waals surface area contributed by atoms with Crippen LogP contribution in [0.4, 0.5) is 0 Å². The molecule has 0 aromatic heterocycles. The van der Waals surface area contributed by atoms with Crippen LogP contribution in [0.3, 0.4) is 0 Å². The Morgan fingerprint density at radius 1 is 0.905 bits per heavy atom. The summed E-state index contributed by atoms with van der Waals surface area (Å²) in [6.07, 6.45) is 4.64. The van der Waals surface area contributed by atoms with E-state index in [-0.39, 0.29) is 10.8 Å². The first-order chi connectivity index (χ1) is 9.69. The third kappa shape index (κ3) is 4.18. The molecule has 120 valence electrons. The molecule has 0 amide bonds. The number of hydrogen-bond acceptors (Lipinski definition) is 2. The molecular formula is C19H32OS. The van der Waals surface area contributed by atoms with Crippen molar-refractivity contribution < 1.29 is 4.74 Å². The van der Waals surface area contributed by atoms with Gasteiger partial charge in [0.05, 0.1) is 7.11 Å². The van der Waals surface area contributed by atoms with Crippen LogP contribution in [-0.2, 0) is 10.8 Å². The van der Waals surface area contributed by atoms with Crippen LogP contribution in [-0.4, -0.2) is 7.11 Å². The van der Waals surface area contributed by atoms with Gasteiger partial charge < -0.3 is 4.74 Å². The van der Waals surface area contributed by atoms with Crippen LogP contribution >= 0.6 is 12.6 Å². The summed E-state index contributed by atoms with van der Waals surface area (Å²) in [5.74, 6) is 1.01. The highest BCUT2D eigenvalue weighted by molar-refractivity contribution is 7.80. The van der Waals surface area contributed by atoms with Crippen LogP contribution in [0.2, 0.25) is 0 Å². The molecule has 0 unspecified atom stereocenters. The molecule has 0 bridgehead atoms. The summed E-state index contributed by atoms with van der Waals surface area (Å²) >= 11 is 4.78. The Morgan fingerprint density at radius 3 is 1.81 bits per heavy atom. The van der Waals surface area contributed by atoms with E-state index in [1.54, 1.807) is 7.11 Å². The molecule has 0 fully saturated rings. The molecule has 1 aromatic rings. The largest absolute Gasteiger partial charge is 0.496 e. The summed E-state index contributed by atoms with van der Waals surface area (Å²) in [5.41, 5.74) is 2.81. The second kappa shape index (κ2) is 7.09. The van der Waals surface area contributed by atoms with Crippen LogP contribution in [0.25, 0.3) is 0 Å². The zero-order valence-corrected chi connectivity index (χ0v) is 15.7. The summed E-state index contributed by atoms with van der Waals surface area (Å²) in [6, 6.07) is 4.44. The van der Waals surface area contributed by atoms with Crippen molar-refractivity contribution in [2.45, 2.75) is 83.0 Å². The second-order valence-electron chi connectivity index (χ2n) is 7.34. The van der Waals surface area contributed by atoms with E-state index < -0.39 is 0 Å². The molecule has 0 saturated carbocycles. The van der Waals surface area contributed by atoms with Gasteiger partial charge in [0, 0.05) is 10.5 Å². The Morgan fingerprint density at radius 2 is 1.38 bits per heavy atom. The zero-order chi connectivity index (χ0) is 16.3. The lowest BCUT2D eigenvalue weighted by Crippen LogP contribution is -2.21. The molecule has 1 rings (SSSR count). The van der Waals surface area contributed by atoms with Gasteiger partial charge in [-0.05, 0) is 41.4 Å². The normalized spacial score (nSPS) is 12.6. The topological polar surface area (TPSA) is 9.23 Å². The molecule has 0 aliphatic rings. The number of benzene rings is 1. The first-order valence-corrected chi connectivity index (χ1v) is 8.56. The number of ether oxygens (including phenoxy) is 1. The van der Waals surface area contributed by atoms with Gasteiger partial charge in [0.2, 0.25) is 0 Å². The highest BCUT2D eigenvalue weighted by Crippen LogP contribution is 2.42. The Hall–Kier alpha value is -0.630. The van der Waals surface area contributed by atoms with Crippen molar-refractivity contribution in [3.63, 3.8) is 0 Å². The molecule has 0 radical (unpaired) electrons. The number of thiol groups is 1. The van der Waals surface area contributed by atoms with Crippen LogP contribution < -0.4 is 4.74 Å². The van der Waals surface area contributed by atoms with Gasteiger partial charge in [-0.1, -0.05) is 54.4 Å². The average molecular weight is 309 g/mol. The van der Waals surface area contributed by atoms with Gasteiger partial charge in [-0.25, -0.2) is 0 Å². The molecule has 1 aromatic carbocycles. The zero-order valence-electron chi connectivity index (χ0n) is 14.8. The second-order valence-corrected chi connectivity index (χ2v) is 7.82. The van der Waals surface area contributed by atoms with E-state index in [1.165, 1.54) is 24.0 Å². The Balaban J connectivity index is 3.38. The van der Waals surface area contributed by atoms with Crippen molar-refractivity contribution in [3.8, 4) is 5.75 Å². The minimum Gasteiger partial charge on any atom is -0.496 e. The van der Waals surface area contributed by atoms with Gasteiger partial charge in [-0.15, -0.1) is 12.6 Å². The molecule has 0 atom stereocenters. The van der Waals surface area contributed by atoms with Gasteiger partial charge in [0.25, 0.3) is 0 Å². The maximum absolute atomic E-state index is 5.71. The molecule has 2 heteroatoms. The maximum atomic E-state index is 5.71. The predicted octanol–water partition coefficient (Wildman–Crippen LogP) is 6.14. The van der Waals surface area contributed by atoms with Crippen LogP contribution in [0.5, 0.6) is 5.75 Å². The summed E-state index contributed by atoms with van der Waals surface area (Å²) < 4.78 is 5.71. The third-order valence-electron chi connectivity index (χ3n) is 4.53. The molecule has 0 aliphatic heterocycles. The van der Waals surface area contributed by atoms with Crippen molar-refractivity contribution in [3.05, 3.63) is 23.3 Å². The van der Waals surface area contributed by atoms with Crippen LogP contribution in [0.1, 0.15) is 78.4 Å². The Labute approximate surface area is 136 Å². The first kappa shape index (κ1) is 18.4. The van der Waals surface area contributed by atoms with Crippen molar-refractivity contribution in [1.82, 2.24) is 0 Å². The predicted molar refractivity (Wildman–Crippen MR) is 96.1 cm³/mol. The van der Waals surface area contributed by atoms with E-state index in [4.69, 9.17) is 17.4 Å². The summed E-state index contributed by atoms with van der Waals surface area (Å²) in [7, 11) is 1.77. The molecule has 0 heterocycles. The highest BCUT2D eigenvalue weighted by atomic mass is 32.1. The van der Waals surface area contributed by atoms with Gasteiger partial charge in [-0.2, -0.15) is 0 Å².